The highest BCUT2D eigenvalue weighted by atomic mass is 16.7. The van der Waals surface area contributed by atoms with Gasteiger partial charge < -0.3 is 34.6 Å². The SMILES string of the molecule is CC(=O)OC(CCC(C)COC1OCC(O)C(O)C1O)C(C)(O)C1CCC2C3CCC4=CC(=O)CCC4(C)C3CCC21C. The molecule has 0 spiro atoms. The van der Waals surface area contributed by atoms with Crippen molar-refractivity contribution in [3.63, 3.8) is 0 Å². The smallest absolute Gasteiger partial charge is 0.303 e. The monoisotopic (exact) mass is 606 g/mol. The Morgan fingerprint density at radius 3 is 2.53 bits per heavy atom. The van der Waals surface area contributed by atoms with Gasteiger partial charge in [0.1, 0.15) is 30.0 Å². The van der Waals surface area contributed by atoms with Gasteiger partial charge in [-0.25, -0.2) is 0 Å². The van der Waals surface area contributed by atoms with E-state index in [1.54, 1.807) is 0 Å². The number of rotatable bonds is 9. The third-order valence-corrected chi connectivity index (χ3v) is 12.5. The van der Waals surface area contributed by atoms with Crippen LogP contribution in [-0.2, 0) is 23.8 Å². The Bertz CT molecular complexity index is 1070. The molecule has 1 heterocycles. The molecule has 1 aliphatic heterocycles. The number of aliphatic hydroxyl groups is 4. The molecule has 0 amide bonds. The molecule has 4 fully saturated rings. The van der Waals surface area contributed by atoms with Crippen LogP contribution < -0.4 is 0 Å². The van der Waals surface area contributed by atoms with Gasteiger partial charge in [-0.3, -0.25) is 9.59 Å². The fourth-order valence-electron chi connectivity index (χ4n) is 10.1. The van der Waals surface area contributed by atoms with Crippen molar-refractivity contribution in [1.29, 1.82) is 0 Å². The summed E-state index contributed by atoms with van der Waals surface area (Å²) in [5.41, 5.74) is 0.210. The summed E-state index contributed by atoms with van der Waals surface area (Å²) >= 11 is 0. The molecule has 244 valence electrons. The van der Waals surface area contributed by atoms with Crippen LogP contribution in [-0.4, -0.2) is 81.7 Å². The molecule has 4 aliphatic carbocycles. The first kappa shape index (κ1) is 33.0. The molecule has 0 aromatic rings. The predicted molar refractivity (Wildman–Crippen MR) is 158 cm³/mol. The minimum atomic E-state index is -1.34. The summed E-state index contributed by atoms with van der Waals surface area (Å²) in [7, 11) is 0. The summed E-state index contributed by atoms with van der Waals surface area (Å²) in [6.45, 7) is 10.1. The lowest BCUT2D eigenvalue weighted by atomic mass is 9.46. The van der Waals surface area contributed by atoms with E-state index in [2.05, 4.69) is 13.8 Å². The first-order valence-electron chi connectivity index (χ1n) is 16.6. The van der Waals surface area contributed by atoms with Crippen molar-refractivity contribution in [2.45, 2.75) is 135 Å². The minimum absolute atomic E-state index is 0.00163. The maximum Gasteiger partial charge on any atom is 0.303 e. The normalized spacial score (nSPS) is 43.8. The van der Waals surface area contributed by atoms with Gasteiger partial charge in [-0.05, 0) is 111 Å². The minimum Gasteiger partial charge on any atom is -0.459 e. The van der Waals surface area contributed by atoms with E-state index in [1.807, 2.05) is 19.9 Å². The second-order valence-corrected chi connectivity index (χ2v) is 15.2. The van der Waals surface area contributed by atoms with Gasteiger partial charge in [-0.1, -0.05) is 26.3 Å². The van der Waals surface area contributed by atoms with Crippen LogP contribution in [0.5, 0.6) is 0 Å². The molecule has 1 saturated heterocycles. The van der Waals surface area contributed by atoms with Gasteiger partial charge in [0.2, 0.25) is 0 Å². The first-order valence-corrected chi connectivity index (χ1v) is 16.6. The van der Waals surface area contributed by atoms with Crippen LogP contribution in [0.25, 0.3) is 0 Å². The van der Waals surface area contributed by atoms with Crippen LogP contribution >= 0.6 is 0 Å². The largest absolute Gasteiger partial charge is 0.459 e. The molecule has 0 radical (unpaired) electrons. The highest BCUT2D eigenvalue weighted by Crippen LogP contribution is 2.68. The number of fused-ring (bicyclic) bond motifs is 5. The van der Waals surface area contributed by atoms with E-state index in [0.29, 0.717) is 37.0 Å². The summed E-state index contributed by atoms with van der Waals surface area (Å²) in [6, 6.07) is 0. The lowest BCUT2D eigenvalue weighted by Crippen LogP contribution is -2.56. The molecule has 5 rings (SSSR count). The van der Waals surface area contributed by atoms with Gasteiger partial charge in [-0.15, -0.1) is 0 Å². The fourth-order valence-corrected chi connectivity index (χ4v) is 10.1. The predicted octanol–water partition coefficient (Wildman–Crippen LogP) is 3.69. The Balaban J connectivity index is 1.24. The van der Waals surface area contributed by atoms with E-state index in [9.17, 15) is 30.0 Å². The summed E-state index contributed by atoms with van der Waals surface area (Å²) in [4.78, 5) is 24.5. The molecule has 0 aromatic heterocycles. The Morgan fingerprint density at radius 1 is 1.07 bits per heavy atom. The van der Waals surface area contributed by atoms with Crippen LogP contribution in [0.3, 0.4) is 0 Å². The number of carbonyl (C=O) groups is 2. The highest BCUT2D eigenvalue weighted by molar-refractivity contribution is 5.91. The quantitative estimate of drug-likeness (QED) is 0.289. The van der Waals surface area contributed by atoms with Crippen LogP contribution in [0.15, 0.2) is 11.6 Å². The van der Waals surface area contributed by atoms with Crippen LogP contribution in [0.1, 0.15) is 98.8 Å². The second-order valence-electron chi connectivity index (χ2n) is 15.2. The van der Waals surface area contributed by atoms with Crippen LogP contribution in [0.2, 0.25) is 0 Å². The highest BCUT2D eigenvalue weighted by Gasteiger charge is 2.63. The van der Waals surface area contributed by atoms with Crippen molar-refractivity contribution >= 4 is 11.8 Å². The summed E-state index contributed by atoms with van der Waals surface area (Å²) in [6.07, 6.45) is 5.31. The number of carbonyl (C=O) groups excluding carboxylic acids is 2. The average molecular weight is 607 g/mol. The second kappa shape index (κ2) is 12.4. The van der Waals surface area contributed by atoms with Crippen molar-refractivity contribution in [3.05, 3.63) is 11.6 Å². The lowest BCUT2D eigenvalue weighted by molar-refractivity contribution is -0.272. The van der Waals surface area contributed by atoms with E-state index in [4.69, 9.17) is 14.2 Å². The molecule has 0 bridgehead atoms. The van der Waals surface area contributed by atoms with E-state index in [0.717, 1.165) is 44.9 Å². The Hall–Kier alpha value is -1.36. The lowest BCUT2D eigenvalue weighted by Gasteiger charge is -2.59. The molecule has 4 N–H and O–H groups in total. The zero-order valence-electron chi connectivity index (χ0n) is 26.7. The summed E-state index contributed by atoms with van der Waals surface area (Å²) in [5.74, 6) is 1.52. The van der Waals surface area contributed by atoms with Crippen molar-refractivity contribution in [2.24, 2.45) is 40.4 Å². The molecule has 13 unspecified atom stereocenters. The van der Waals surface area contributed by atoms with Crippen molar-refractivity contribution in [2.75, 3.05) is 13.2 Å². The number of ketones is 1. The topological polar surface area (TPSA) is 143 Å². The van der Waals surface area contributed by atoms with E-state index < -0.39 is 42.3 Å². The van der Waals surface area contributed by atoms with Gasteiger partial charge in [0.25, 0.3) is 0 Å². The molecule has 9 heteroatoms. The molecule has 3 saturated carbocycles. The number of hydrogen-bond donors (Lipinski definition) is 4. The van der Waals surface area contributed by atoms with Gasteiger partial charge in [-0.2, -0.15) is 0 Å². The van der Waals surface area contributed by atoms with E-state index >= 15 is 0 Å². The number of esters is 1. The molecule has 0 aromatic carbocycles. The Labute approximate surface area is 256 Å². The summed E-state index contributed by atoms with van der Waals surface area (Å²) in [5, 5.41) is 42.0. The molecule has 43 heavy (non-hydrogen) atoms. The standard InChI is InChI=1S/C34H54O9/c1-19(17-41-31-30(39)29(38)26(37)18-42-31)6-11-28(43-20(2)35)34(5,40)27-10-9-24-23-8-7-21-16-22(36)12-14-32(21,3)25(23)13-15-33(24,27)4/h16,19,23-31,37-40H,6-15,17-18H2,1-5H3. The zero-order valence-corrected chi connectivity index (χ0v) is 26.7. The number of aliphatic hydroxyl groups excluding tert-OH is 3. The van der Waals surface area contributed by atoms with Crippen LogP contribution in [0, 0.1) is 40.4 Å². The van der Waals surface area contributed by atoms with E-state index in [-0.39, 0.29) is 41.7 Å². The Morgan fingerprint density at radius 2 is 1.81 bits per heavy atom. The molecular weight excluding hydrogens is 552 g/mol. The maximum absolute atomic E-state index is 12.3. The third kappa shape index (κ3) is 6.11. The van der Waals surface area contributed by atoms with Gasteiger partial charge >= 0.3 is 5.97 Å². The van der Waals surface area contributed by atoms with Gasteiger partial charge in [0, 0.05) is 13.3 Å². The third-order valence-electron chi connectivity index (χ3n) is 12.5. The molecule has 5 aliphatic rings. The molecular formula is C34H54O9. The van der Waals surface area contributed by atoms with Gasteiger partial charge in [0.15, 0.2) is 12.1 Å². The van der Waals surface area contributed by atoms with Crippen LogP contribution in [0.4, 0.5) is 0 Å². The number of ether oxygens (including phenoxy) is 3. The van der Waals surface area contributed by atoms with Crippen molar-refractivity contribution in [3.8, 4) is 0 Å². The van der Waals surface area contributed by atoms with Gasteiger partial charge in [0.05, 0.1) is 13.2 Å². The maximum atomic E-state index is 12.3. The average Bonchev–Trinajstić information content (AvgIpc) is 3.32. The first-order chi connectivity index (χ1) is 20.2. The number of allylic oxidation sites excluding steroid dienone is 1. The molecule has 9 nitrogen and oxygen atoms in total. The molecule has 13 atom stereocenters. The fraction of sp³-hybridized carbons (Fsp3) is 0.882. The van der Waals surface area contributed by atoms with Crippen molar-refractivity contribution < 1.29 is 44.2 Å². The Kier molecular flexibility index (Phi) is 9.55. The van der Waals surface area contributed by atoms with Crippen molar-refractivity contribution in [1.82, 2.24) is 0 Å². The zero-order chi connectivity index (χ0) is 31.3. The number of hydrogen-bond acceptors (Lipinski definition) is 9. The van der Waals surface area contributed by atoms with E-state index in [1.165, 1.54) is 12.5 Å². The summed E-state index contributed by atoms with van der Waals surface area (Å²) < 4.78 is 16.9.